The van der Waals surface area contributed by atoms with Crippen LogP contribution in [-0.4, -0.2) is 7.11 Å². The molecule has 0 aliphatic carbocycles. The van der Waals surface area contributed by atoms with Gasteiger partial charge in [0, 0.05) is 22.5 Å². The third-order valence-corrected chi connectivity index (χ3v) is 3.43. The van der Waals surface area contributed by atoms with E-state index < -0.39 is 0 Å². The van der Waals surface area contributed by atoms with Gasteiger partial charge in [-0.25, -0.2) is 0 Å². The molecule has 0 unspecified atom stereocenters. The van der Waals surface area contributed by atoms with E-state index in [1.165, 1.54) is 0 Å². The predicted molar refractivity (Wildman–Crippen MR) is 81.5 cm³/mol. The fourth-order valence-corrected chi connectivity index (χ4v) is 2.35. The van der Waals surface area contributed by atoms with E-state index in [9.17, 15) is 0 Å². The van der Waals surface area contributed by atoms with Crippen molar-refractivity contribution in [2.45, 2.75) is 6.54 Å². The number of para-hydroxylation sites is 1. The number of hydrogen-bond donors (Lipinski definition) is 1. The topological polar surface area (TPSA) is 34.4 Å². The molecule has 0 aliphatic heterocycles. The Bertz CT molecular complexity index is 736. The molecule has 102 valence electrons. The number of ether oxygens (including phenoxy) is 1. The first-order chi connectivity index (χ1) is 9.78. The van der Waals surface area contributed by atoms with Gasteiger partial charge in [-0.05, 0) is 24.3 Å². The molecule has 1 N–H and O–H groups in total. The van der Waals surface area contributed by atoms with E-state index in [0.717, 1.165) is 28.0 Å². The Morgan fingerprint density at radius 3 is 2.90 bits per heavy atom. The minimum Gasteiger partial charge on any atom is -0.495 e. The van der Waals surface area contributed by atoms with Crippen molar-refractivity contribution in [2.24, 2.45) is 0 Å². The molecule has 3 rings (SSSR count). The molecule has 0 atom stereocenters. The van der Waals surface area contributed by atoms with Gasteiger partial charge in [-0.3, -0.25) is 0 Å². The summed E-state index contributed by atoms with van der Waals surface area (Å²) in [5.41, 5.74) is 2.86. The zero-order valence-electron chi connectivity index (χ0n) is 11.0. The van der Waals surface area contributed by atoms with Gasteiger partial charge in [0.15, 0.2) is 0 Å². The lowest BCUT2D eigenvalue weighted by atomic mass is 10.2. The van der Waals surface area contributed by atoms with Gasteiger partial charge in [0.1, 0.15) is 11.3 Å². The molecule has 0 amide bonds. The number of benzene rings is 2. The molecular formula is C16H14ClNO2. The molecule has 0 bridgehead atoms. The lowest BCUT2D eigenvalue weighted by molar-refractivity contribution is 0.416. The third-order valence-electron chi connectivity index (χ3n) is 3.19. The molecule has 0 radical (unpaired) electrons. The van der Waals surface area contributed by atoms with Gasteiger partial charge in [0.2, 0.25) is 0 Å². The Morgan fingerprint density at radius 2 is 2.05 bits per heavy atom. The van der Waals surface area contributed by atoms with Crippen molar-refractivity contribution in [1.82, 2.24) is 0 Å². The van der Waals surface area contributed by atoms with Gasteiger partial charge >= 0.3 is 0 Å². The molecule has 0 aliphatic rings. The number of fused-ring (bicyclic) bond motifs is 1. The minimum atomic E-state index is 0.647. The number of halogens is 1. The van der Waals surface area contributed by atoms with Gasteiger partial charge in [-0.1, -0.05) is 29.8 Å². The normalized spacial score (nSPS) is 10.7. The van der Waals surface area contributed by atoms with Crippen molar-refractivity contribution < 1.29 is 9.15 Å². The standard InChI is InChI=1S/C16H14ClNO2/c1-19-16-7-6-12(17)8-14(16)18-9-11-10-20-15-5-3-2-4-13(11)15/h2-8,10,18H,9H2,1H3. The Morgan fingerprint density at radius 1 is 1.20 bits per heavy atom. The summed E-state index contributed by atoms with van der Waals surface area (Å²) in [6.45, 7) is 0.647. The summed E-state index contributed by atoms with van der Waals surface area (Å²) in [5.74, 6) is 0.766. The second-order valence-electron chi connectivity index (χ2n) is 4.46. The summed E-state index contributed by atoms with van der Waals surface area (Å²) >= 11 is 6.02. The van der Waals surface area contributed by atoms with Crippen LogP contribution >= 0.6 is 11.6 Å². The molecule has 3 nitrogen and oxygen atoms in total. The van der Waals surface area contributed by atoms with Gasteiger partial charge in [-0.2, -0.15) is 0 Å². The lowest BCUT2D eigenvalue weighted by Gasteiger charge is -2.10. The highest BCUT2D eigenvalue weighted by Crippen LogP contribution is 2.29. The second-order valence-corrected chi connectivity index (χ2v) is 4.89. The summed E-state index contributed by atoms with van der Waals surface area (Å²) < 4.78 is 10.8. The highest BCUT2D eigenvalue weighted by atomic mass is 35.5. The number of anilines is 1. The number of rotatable bonds is 4. The first-order valence-electron chi connectivity index (χ1n) is 6.30. The average molecular weight is 288 g/mol. The molecule has 4 heteroatoms. The number of furan rings is 1. The van der Waals surface area contributed by atoms with Gasteiger partial charge in [-0.15, -0.1) is 0 Å². The molecule has 0 saturated carbocycles. The van der Waals surface area contributed by atoms with Crippen molar-refractivity contribution in [3.63, 3.8) is 0 Å². The van der Waals surface area contributed by atoms with Crippen LogP contribution in [0.25, 0.3) is 11.0 Å². The molecule has 1 aromatic heterocycles. The number of hydrogen-bond acceptors (Lipinski definition) is 3. The Balaban J connectivity index is 1.84. The fraction of sp³-hybridized carbons (Fsp3) is 0.125. The van der Waals surface area contributed by atoms with Crippen LogP contribution in [0.15, 0.2) is 53.1 Å². The summed E-state index contributed by atoms with van der Waals surface area (Å²) in [7, 11) is 1.64. The molecule has 0 spiro atoms. The van der Waals surface area contributed by atoms with Crippen molar-refractivity contribution in [3.05, 3.63) is 59.3 Å². The van der Waals surface area contributed by atoms with Crippen LogP contribution in [0.3, 0.4) is 0 Å². The van der Waals surface area contributed by atoms with E-state index in [1.54, 1.807) is 19.4 Å². The zero-order valence-corrected chi connectivity index (χ0v) is 11.8. The monoisotopic (exact) mass is 287 g/mol. The van der Waals surface area contributed by atoms with Gasteiger partial charge < -0.3 is 14.5 Å². The van der Waals surface area contributed by atoms with E-state index >= 15 is 0 Å². The summed E-state index contributed by atoms with van der Waals surface area (Å²) in [5, 5.41) is 5.11. The van der Waals surface area contributed by atoms with E-state index in [-0.39, 0.29) is 0 Å². The maximum absolute atomic E-state index is 6.02. The summed E-state index contributed by atoms with van der Waals surface area (Å²) in [4.78, 5) is 0. The fourth-order valence-electron chi connectivity index (χ4n) is 2.18. The van der Waals surface area contributed by atoms with Crippen molar-refractivity contribution in [1.29, 1.82) is 0 Å². The number of methoxy groups -OCH3 is 1. The van der Waals surface area contributed by atoms with Crippen LogP contribution in [0.2, 0.25) is 5.02 Å². The van der Waals surface area contributed by atoms with Crippen LogP contribution in [0.1, 0.15) is 5.56 Å². The van der Waals surface area contributed by atoms with E-state index in [1.807, 2.05) is 36.4 Å². The van der Waals surface area contributed by atoms with Crippen LogP contribution in [0.5, 0.6) is 5.75 Å². The van der Waals surface area contributed by atoms with E-state index in [2.05, 4.69) is 5.32 Å². The Labute approximate surface area is 122 Å². The smallest absolute Gasteiger partial charge is 0.142 e. The lowest BCUT2D eigenvalue weighted by Crippen LogP contribution is -2.00. The first kappa shape index (κ1) is 12.9. The van der Waals surface area contributed by atoms with E-state index in [4.69, 9.17) is 20.8 Å². The van der Waals surface area contributed by atoms with Crippen LogP contribution in [0, 0.1) is 0 Å². The van der Waals surface area contributed by atoms with Crippen LogP contribution in [0.4, 0.5) is 5.69 Å². The third kappa shape index (κ3) is 2.45. The Hall–Kier alpha value is -2.13. The SMILES string of the molecule is COc1ccc(Cl)cc1NCc1coc2ccccc12. The quantitative estimate of drug-likeness (QED) is 0.755. The number of nitrogens with one attached hydrogen (secondary N) is 1. The van der Waals surface area contributed by atoms with E-state index in [0.29, 0.717) is 11.6 Å². The highest BCUT2D eigenvalue weighted by Gasteiger charge is 2.07. The molecule has 0 saturated heterocycles. The molecule has 0 fully saturated rings. The largest absolute Gasteiger partial charge is 0.495 e. The van der Waals surface area contributed by atoms with Gasteiger partial charge in [0.05, 0.1) is 19.1 Å². The molecule has 1 heterocycles. The van der Waals surface area contributed by atoms with Crippen LogP contribution in [-0.2, 0) is 6.54 Å². The van der Waals surface area contributed by atoms with Crippen molar-refractivity contribution in [2.75, 3.05) is 12.4 Å². The molecule has 3 aromatic rings. The van der Waals surface area contributed by atoms with Gasteiger partial charge in [0.25, 0.3) is 0 Å². The Kier molecular flexibility index (Phi) is 3.52. The molecule has 2 aromatic carbocycles. The maximum Gasteiger partial charge on any atom is 0.142 e. The summed E-state index contributed by atoms with van der Waals surface area (Å²) in [6, 6.07) is 13.5. The van der Waals surface area contributed by atoms with Crippen molar-refractivity contribution >= 4 is 28.3 Å². The summed E-state index contributed by atoms with van der Waals surface area (Å²) in [6.07, 6.45) is 1.77. The second kappa shape index (κ2) is 5.47. The highest BCUT2D eigenvalue weighted by molar-refractivity contribution is 6.30. The van der Waals surface area contributed by atoms with Crippen LogP contribution < -0.4 is 10.1 Å². The minimum absolute atomic E-state index is 0.647. The molecule has 20 heavy (non-hydrogen) atoms. The average Bonchev–Trinajstić information content (AvgIpc) is 2.88. The maximum atomic E-state index is 6.02. The zero-order chi connectivity index (χ0) is 13.9. The van der Waals surface area contributed by atoms with Crippen molar-refractivity contribution in [3.8, 4) is 5.75 Å². The first-order valence-corrected chi connectivity index (χ1v) is 6.68. The molecular weight excluding hydrogens is 274 g/mol. The predicted octanol–water partition coefficient (Wildman–Crippen LogP) is 4.71.